The highest BCUT2D eigenvalue weighted by Gasteiger charge is 2.32. The molecular weight excluding hydrogens is 352 g/mol. The lowest BCUT2D eigenvalue weighted by molar-refractivity contribution is -0.00906. The summed E-state index contributed by atoms with van der Waals surface area (Å²) in [6, 6.07) is 8.43. The molecule has 0 N–H and O–H groups in total. The third-order valence-corrected chi connectivity index (χ3v) is 5.90. The number of hydrogen-bond acceptors (Lipinski definition) is 4. The summed E-state index contributed by atoms with van der Waals surface area (Å²) in [6.07, 6.45) is 3.26. The van der Waals surface area contributed by atoms with Crippen LogP contribution in [0.3, 0.4) is 0 Å². The van der Waals surface area contributed by atoms with Crippen molar-refractivity contribution in [1.82, 2.24) is 14.7 Å². The maximum Gasteiger partial charge on any atom is 0.274 e. The molecule has 1 aromatic heterocycles. The number of ether oxygens (including phenoxy) is 1. The van der Waals surface area contributed by atoms with Gasteiger partial charge in [-0.1, -0.05) is 18.2 Å². The molecule has 2 aliphatic rings. The average Bonchev–Trinajstić information content (AvgIpc) is 3.30. The highest BCUT2D eigenvalue weighted by molar-refractivity contribution is 5.94. The van der Waals surface area contributed by atoms with Gasteiger partial charge in [-0.15, -0.1) is 0 Å². The van der Waals surface area contributed by atoms with E-state index in [0.29, 0.717) is 12.2 Å². The Morgan fingerprint density at radius 1 is 1.25 bits per heavy atom. The minimum Gasteiger partial charge on any atom is -0.371 e. The maximum absolute atomic E-state index is 13.3. The second-order valence-corrected chi connectivity index (χ2v) is 8.11. The summed E-state index contributed by atoms with van der Waals surface area (Å²) in [5.74, 6) is -0.0191. The quantitative estimate of drug-likeness (QED) is 0.814. The third kappa shape index (κ3) is 3.41. The van der Waals surface area contributed by atoms with Gasteiger partial charge in [-0.2, -0.15) is 5.10 Å². The number of hydrogen-bond donors (Lipinski definition) is 0. The zero-order valence-electron chi connectivity index (χ0n) is 17.3. The van der Waals surface area contributed by atoms with Gasteiger partial charge >= 0.3 is 0 Å². The van der Waals surface area contributed by atoms with E-state index in [1.807, 2.05) is 25.7 Å². The van der Waals surface area contributed by atoms with E-state index < -0.39 is 0 Å². The van der Waals surface area contributed by atoms with Crippen LogP contribution in [0.25, 0.3) is 0 Å². The monoisotopic (exact) mass is 382 g/mol. The molecule has 0 spiro atoms. The van der Waals surface area contributed by atoms with Crippen molar-refractivity contribution in [2.75, 3.05) is 25.0 Å². The second kappa shape index (κ2) is 7.59. The van der Waals surface area contributed by atoms with E-state index >= 15 is 0 Å². The van der Waals surface area contributed by atoms with E-state index in [4.69, 9.17) is 4.74 Å². The van der Waals surface area contributed by atoms with Crippen molar-refractivity contribution in [3.63, 3.8) is 0 Å². The van der Waals surface area contributed by atoms with Crippen LogP contribution < -0.4 is 4.90 Å². The Morgan fingerprint density at radius 3 is 2.71 bits per heavy atom. The van der Waals surface area contributed by atoms with Gasteiger partial charge < -0.3 is 14.5 Å². The number of aromatic nitrogens is 2. The minimum atomic E-state index is -0.0426. The first-order valence-corrected chi connectivity index (χ1v) is 10.2. The fourth-order valence-corrected chi connectivity index (χ4v) is 4.63. The number of carbonyl (C=O) groups is 1. The number of para-hydroxylation sites is 1. The lowest BCUT2D eigenvalue weighted by atomic mass is 9.99. The van der Waals surface area contributed by atoms with Crippen molar-refractivity contribution in [2.45, 2.75) is 51.9 Å². The molecule has 0 aliphatic carbocycles. The first-order chi connectivity index (χ1) is 13.5. The van der Waals surface area contributed by atoms with E-state index in [-0.39, 0.29) is 18.1 Å². The normalized spacial score (nSPS) is 21.6. The Hall–Kier alpha value is -2.34. The molecule has 1 aromatic carbocycles. The number of anilines is 1. The Morgan fingerprint density at radius 2 is 1.96 bits per heavy atom. The zero-order valence-corrected chi connectivity index (χ0v) is 17.3. The second-order valence-electron chi connectivity index (χ2n) is 8.11. The van der Waals surface area contributed by atoms with Gasteiger partial charge in [0.15, 0.2) is 5.69 Å². The van der Waals surface area contributed by atoms with Crippen molar-refractivity contribution in [1.29, 1.82) is 0 Å². The molecule has 6 nitrogen and oxygen atoms in total. The predicted molar refractivity (Wildman–Crippen MR) is 110 cm³/mol. The van der Waals surface area contributed by atoms with Crippen molar-refractivity contribution in [3.8, 4) is 0 Å². The van der Waals surface area contributed by atoms with E-state index in [1.54, 1.807) is 4.90 Å². The van der Waals surface area contributed by atoms with E-state index in [9.17, 15) is 4.79 Å². The third-order valence-electron chi connectivity index (χ3n) is 5.90. The number of rotatable bonds is 4. The first kappa shape index (κ1) is 19.0. The topological polar surface area (TPSA) is 50.6 Å². The Bertz CT molecular complexity index is 869. The highest BCUT2D eigenvalue weighted by Crippen LogP contribution is 2.32. The van der Waals surface area contributed by atoms with Crippen molar-refractivity contribution in [3.05, 3.63) is 46.8 Å². The van der Waals surface area contributed by atoms with Gasteiger partial charge in [0, 0.05) is 51.4 Å². The largest absolute Gasteiger partial charge is 0.371 e. The molecule has 1 fully saturated rings. The van der Waals surface area contributed by atoms with Gasteiger partial charge in [-0.05, 0) is 38.3 Å². The molecule has 150 valence electrons. The summed E-state index contributed by atoms with van der Waals surface area (Å²) in [5, 5.41) is 4.57. The van der Waals surface area contributed by atoms with E-state index in [1.165, 1.54) is 24.1 Å². The lowest BCUT2D eigenvalue weighted by Gasteiger charge is -2.27. The molecule has 1 amide bonds. The van der Waals surface area contributed by atoms with Crippen molar-refractivity contribution in [2.24, 2.45) is 7.05 Å². The zero-order chi connectivity index (χ0) is 19.8. The number of amides is 1. The number of benzene rings is 1. The molecule has 2 aromatic rings. The van der Waals surface area contributed by atoms with Crippen LogP contribution in [-0.4, -0.2) is 46.8 Å². The smallest absolute Gasteiger partial charge is 0.274 e. The fraction of sp³-hybridized carbons (Fsp3) is 0.545. The van der Waals surface area contributed by atoms with Gasteiger partial charge in [-0.3, -0.25) is 9.48 Å². The van der Waals surface area contributed by atoms with Gasteiger partial charge in [0.25, 0.3) is 5.91 Å². The van der Waals surface area contributed by atoms with Crippen molar-refractivity contribution >= 4 is 11.6 Å². The van der Waals surface area contributed by atoms with Gasteiger partial charge in [0.05, 0.1) is 17.9 Å². The summed E-state index contributed by atoms with van der Waals surface area (Å²) < 4.78 is 7.73. The molecule has 0 bridgehead atoms. The lowest BCUT2D eigenvalue weighted by Crippen LogP contribution is -2.30. The van der Waals surface area contributed by atoms with Crippen LogP contribution in [0.4, 0.5) is 5.69 Å². The average molecular weight is 383 g/mol. The van der Waals surface area contributed by atoms with E-state index in [0.717, 1.165) is 30.8 Å². The van der Waals surface area contributed by atoms with Crippen LogP contribution in [0.1, 0.15) is 60.1 Å². The molecule has 0 unspecified atom stereocenters. The molecule has 2 aliphatic heterocycles. The standard InChI is InChI=1S/C22H30N4O2/c1-15-13-18-20(23-25(4)21(18)16(2)28-15)22(27)24(3)14-17-9-5-6-10-19(17)26-11-7-8-12-26/h5-6,9-10,15-16H,7-8,11-14H2,1-4H3/t15-,16+/m1/s1. The van der Waals surface area contributed by atoms with Gasteiger partial charge in [0.1, 0.15) is 0 Å². The number of fused-ring (bicyclic) bond motifs is 1. The van der Waals surface area contributed by atoms with E-state index in [2.05, 4.69) is 41.2 Å². The molecule has 2 atom stereocenters. The Balaban J connectivity index is 1.58. The highest BCUT2D eigenvalue weighted by atomic mass is 16.5. The Labute approximate surface area is 167 Å². The molecule has 3 heterocycles. The molecule has 28 heavy (non-hydrogen) atoms. The van der Waals surface area contributed by atoms with Crippen LogP contribution in [0.5, 0.6) is 0 Å². The fourth-order valence-electron chi connectivity index (χ4n) is 4.63. The number of aryl methyl sites for hydroxylation is 1. The summed E-state index contributed by atoms with van der Waals surface area (Å²) in [4.78, 5) is 17.5. The van der Waals surface area contributed by atoms with Crippen LogP contribution >= 0.6 is 0 Å². The molecule has 4 rings (SSSR count). The number of carbonyl (C=O) groups excluding carboxylic acids is 1. The minimum absolute atomic E-state index is 0.0191. The Kier molecular flexibility index (Phi) is 5.15. The summed E-state index contributed by atoms with van der Waals surface area (Å²) >= 11 is 0. The molecule has 6 heteroatoms. The van der Waals surface area contributed by atoms with Crippen molar-refractivity contribution < 1.29 is 9.53 Å². The summed E-state index contributed by atoms with van der Waals surface area (Å²) in [6.45, 7) is 6.85. The predicted octanol–water partition coefficient (Wildman–Crippen LogP) is 3.31. The van der Waals surface area contributed by atoms with Crippen LogP contribution in [-0.2, 0) is 24.8 Å². The van der Waals surface area contributed by atoms with Gasteiger partial charge in [-0.25, -0.2) is 0 Å². The SMILES string of the molecule is C[C@@H]1Cc2c(C(=O)N(C)Cc3ccccc3N3CCCC3)nn(C)c2[C@H](C)O1. The van der Waals surface area contributed by atoms with Crippen LogP contribution in [0, 0.1) is 0 Å². The van der Waals surface area contributed by atoms with Gasteiger partial charge in [0.2, 0.25) is 0 Å². The molecule has 0 saturated carbocycles. The number of nitrogens with zero attached hydrogens (tertiary/aromatic N) is 4. The van der Waals surface area contributed by atoms with Crippen LogP contribution in [0.2, 0.25) is 0 Å². The summed E-state index contributed by atoms with van der Waals surface area (Å²) in [5.41, 5.74) is 5.07. The molecular formula is C22H30N4O2. The molecule has 0 radical (unpaired) electrons. The maximum atomic E-state index is 13.3. The van der Waals surface area contributed by atoms with Crippen LogP contribution in [0.15, 0.2) is 24.3 Å². The summed E-state index contributed by atoms with van der Waals surface area (Å²) in [7, 11) is 3.77. The first-order valence-electron chi connectivity index (χ1n) is 10.2. The molecule has 1 saturated heterocycles.